The number of nitrogens with two attached hydrogens (primary N) is 1. The number of aromatic nitrogens is 2. The second kappa shape index (κ2) is 4.75. The Morgan fingerprint density at radius 2 is 1.88 bits per heavy atom. The molecular weight excluding hydrogens is 208 g/mol. The van der Waals surface area contributed by atoms with Crippen LogP contribution in [0, 0.1) is 0 Å². The smallest absolute Gasteiger partial charge is 0.331 e. The van der Waals surface area contributed by atoms with Gasteiger partial charge in [-0.2, -0.15) is 0 Å². The molecule has 0 bridgehead atoms. The molecule has 16 heavy (non-hydrogen) atoms. The number of hydrogen-bond acceptors (Lipinski definition) is 5. The molecule has 1 aliphatic heterocycles. The molecular formula is C9H14N6O. The fraction of sp³-hybridized carbons (Fsp3) is 0.444. The van der Waals surface area contributed by atoms with E-state index in [1.54, 1.807) is 23.4 Å². The zero-order chi connectivity index (χ0) is 11.4. The van der Waals surface area contributed by atoms with E-state index in [0.717, 1.165) is 13.1 Å². The fourth-order valence-electron chi connectivity index (χ4n) is 1.66. The molecule has 1 aromatic heterocycles. The second-order valence-corrected chi connectivity index (χ2v) is 3.47. The van der Waals surface area contributed by atoms with Crippen molar-refractivity contribution in [2.45, 2.75) is 0 Å². The highest BCUT2D eigenvalue weighted by atomic mass is 16.2. The number of anilines is 1. The molecule has 0 aliphatic carbocycles. The number of carbonyl (C=O) groups is 1. The summed E-state index contributed by atoms with van der Waals surface area (Å²) >= 11 is 0. The molecule has 2 amide bonds. The molecule has 2 rings (SSSR count). The Bertz CT molecular complexity index is 348. The van der Waals surface area contributed by atoms with Crippen molar-refractivity contribution in [1.29, 1.82) is 0 Å². The minimum Gasteiger partial charge on any atom is -0.337 e. The van der Waals surface area contributed by atoms with Gasteiger partial charge in [0.05, 0.1) is 0 Å². The van der Waals surface area contributed by atoms with E-state index in [1.165, 1.54) is 0 Å². The van der Waals surface area contributed by atoms with E-state index >= 15 is 0 Å². The first-order valence-corrected chi connectivity index (χ1v) is 5.09. The van der Waals surface area contributed by atoms with Gasteiger partial charge in [-0.15, -0.1) is 0 Å². The van der Waals surface area contributed by atoms with Crippen molar-refractivity contribution in [3.63, 3.8) is 0 Å². The monoisotopic (exact) mass is 222 g/mol. The summed E-state index contributed by atoms with van der Waals surface area (Å²) in [6.07, 6.45) is 3.42. The molecule has 1 fully saturated rings. The summed E-state index contributed by atoms with van der Waals surface area (Å²) in [7, 11) is 0. The van der Waals surface area contributed by atoms with Gasteiger partial charge < -0.3 is 9.80 Å². The maximum Gasteiger partial charge on any atom is 0.331 e. The lowest BCUT2D eigenvalue weighted by Gasteiger charge is -2.34. The number of hydrogen-bond donors (Lipinski definition) is 2. The average molecular weight is 222 g/mol. The standard InChI is InChI=1S/C9H14N6O/c10-13-9(16)15-6-4-14(5-7-15)8-11-2-1-3-12-8/h1-3H,4-7,10H2,(H,13,16). The molecule has 86 valence electrons. The predicted octanol–water partition coefficient (Wildman–Crippen LogP) is -0.818. The van der Waals surface area contributed by atoms with Crippen molar-refractivity contribution >= 4 is 12.0 Å². The van der Waals surface area contributed by atoms with Gasteiger partial charge in [-0.1, -0.05) is 0 Å². The molecule has 0 radical (unpaired) electrons. The van der Waals surface area contributed by atoms with Crippen LogP contribution in [0.2, 0.25) is 0 Å². The zero-order valence-corrected chi connectivity index (χ0v) is 8.83. The Balaban J connectivity index is 1.93. The van der Waals surface area contributed by atoms with E-state index in [1.807, 2.05) is 4.90 Å². The van der Waals surface area contributed by atoms with Crippen LogP contribution in [0.5, 0.6) is 0 Å². The average Bonchev–Trinajstić information content (AvgIpc) is 2.39. The van der Waals surface area contributed by atoms with Gasteiger partial charge in [-0.05, 0) is 6.07 Å². The number of amides is 2. The van der Waals surface area contributed by atoms with Crippen molar-refractivity contribution in [2.24, 2.45) is 5.84 Å². The quantitative estimate of drug-likeness (QED) is 0.368. The normalized spacial score (nSPS) is 16.1. The maximum absolute atomic E-state index is 11.3. The first-order valence-electron chi connectivity index (χ1n) is 5.09. The molecule has 1 aliphatic rings. The number of piperazine rings is 1. The van der Waals surface area contributed by atoms with Crippen molar-refractivity contribution < 1.29 is 4.79 Å². The van der Waals surface area contributed by atoms with Crippen LogP contribution in [0.1, 0.15) is 0 Å². The van der Waals surface area contributed by atoms with Gasteiger partial charge in [0.25, 0.3) is 0 Å². The third kappa shape index (κ3) is 2.19. The third-order valence-corrected chi connectivity index (χ3v) is 2.53. The van der Waals surface area contributed by atoms with E-state index < -0.39 is 0 Å². The van der Waals surface area contributed by atoms with E-state index in [0.29, 0.717) is 19.0 Å². The third-order valence-electron chi connectivity index (χ3n) is 2.53. The largest absolute Gasteiger partial charge is 0.337 e. The molecule has 7 heteroatoms. The number of urea groups is 1. The molecule has 1 aromatic rings. The van der Waals surface area contributed by atoms with Gasteiger partial charge in [-0.3, -0.25) is 5.43 Å². The topological polar surface area (TPSA) is 87.4 Å². The summed E-state index contributed by atoms with van der Waals surface area (Å²) < 4.78 is 0. The highest BCUT2D eigenvalue weighted by molar-refractivity contribution is 5.73. The number of rotatable bonds is 1. The van der Waals surface area contributed by atoms with Crippen molar-refractivity contribution in [3.8, 4) is 0 Å². The minimum absolute atomic E-state index is 0.242. The minimum atomic E-state index is -0.242. The fourth-order valence-corrected chi connectivity index (χ4v) is 1.66. The molecule has 3 N–H and O–H groups in total. The summed E-state index contributed by atoms with van der Waals surface area (Å²) in [6, 6.07) is 1.54. The van der Waals surface area contributed by atoms with Gasteiger partial charge in [-0.25, -0.2) is 20.6 Å². The van der Waals surface area contributed by atoms with Crippen LogP contribution in [-0.2, 0) is 0 Å². The molecule has 0 saturated carbocycles. The number of nitrogens with one attached hydrogen (secondary N) is 1. The lowest BCUT2D eigenvalue weighted by molar-refractivity contribution is 0.194. The maximum atomic E-state index is 11.3. The van der Waals surface area contributed by atoms with Crippen molar-refractivity contribution in [2.75, 3.05) is 31.1 Å². The van der Waals surface area contributed by atoms with Crippen LogP contribution in [0.4, 0.5) is 10.7 Å². The van der Waals surface area contributed by atoms with Gasteiger partial charge in [0, 0.05) is 38.6 Å². The van der Waals surface area contributed by atoms with Gasteiger partial charge in [0.2, 0.25) is 5.95 Å². The van der Waals surface area contributed by atoms with E-state index in [9.17, 15) is 4.79 Å². The number of hydrazine groups is 1. The second-order valence-electron chi connectivity index (χ2n) is 3.47. The van der Waals surface area contributed by atoms with E-state index in [4.69, 9.17) is 5.84 Å². The van der Waals surface area contributed by atoms with Crippen LogP contribution in [-0.4, -0.2) is 47.1 Å². The van der Waals surface area contributed by atoms with Crippen molar-refractivity contribution in [1.82, 2.24) is 20.3 Å². The summed E-state index contributed by atoms with van der Waals surface area (Å²) in [5, 5.41) is 0. The van der Waals surface area contributed by atoms with Gasteiger partial charge in [0.1, 0.15) is 0 Å². The highest BCUT2D eigenvalue weighted by Gasteiger charge is 2.21. The highest BCUT2D eigenvalue weighted by Crippen LogP contribution is 2.09. The molecule has 0 atom stereocenters. The van der Waals surface area contributed by atoms with Crippen molar-refractivity contribution in [3.05, 3.63) is 18.5 Å². The van der Waals surface area contributed by atoms with Gasteiger partial charge >= 0.3 is 6.03 Å². The lowest BCUT2D eigenvalue weighted by atomic mass is 10.3. The lowest BCUT2D eigenvalue weighted by Crippen LogP contribution is -2.53. The Labute approximate surface area is 93.2 Å². The van der Waals surface area contributed by atoms with E-state index in [2.05, 4.69) is 15.4 Å². The number of carbonyl (C=O) groups excluding carboxylic acids is 1. The van der Waals surface area contributed by atoms with Gasteiger partial charge in [0.15, 0.2) is 0 Å². The molecule has 0 spiro atoms. The van der Waals surface area contributed by atoms with Crippen LogP contribution in [0.25, 0.3) is 0 Å². The SMILES string of the molecule is NNC(=O)N1CCN(c2ncccn2)CC1. The first-order chi connectivity index (χ1) is 7.81. The van der Waals surface area contributed by atoms with Crippen LogP contribution in [0.15, 0.2) is 18.5 Å². The van der Waals surface area contributed by atoms with Crippen LogP contribution < -0.4 is 16.2 Å². The Hall–Kier alpha value is -1.89. The summed E-state index contributed by atoms with van der Waals surface area (Å²) in [6.45, 7) is 2.69. The predicted molar refractivity (Wildman–Crippen MR) is 58.5 cm³/mol. The zero-order valence-electron chi connectivity index (χ0n) is 8.83. The summed E-state index contributed by atoms with van der Waals surface area (Å²) in [5.41, 5.74) is 2.13. The Kier molecular flexibility index (Phi) is 3.16. The van der Waals surface area contributed by atoms with Crippen LogP contribution >= 0.6 is 0 Å². The molecule has 2 heterocycles. The molecule has 7 nitrogen and oxygen atoms in total. The molecule has 0 aromatic carbocycles. The van der Waals surface area contributed by atoms with Crippen LogP contribution in [0.3, 0.4) is 0 Å². The summed E-state index contributed by atoms with van der Waals surface area (Å²) in [4.78, 5) is 23.3. The first kappa shape index (κ1) is 10.6. The Morgan fingerprint density at radius 1 is 1.25 bits per heavy atom. The molecule has 1 saturated heterocycles. The summed E-state index contributed by atoms with van der Waals surface area (Å²) in [5.74, 6) is 5.77. The Morgan fingerprint density at radius 3 is 2.44 bits per heavy atom. The number of nitrogens with zero attached hydrogens (tertiary/aromatic N) is 4. The van der Waals surface area contributed by atoms with E-state index in [-0.39, 0.29) is 6.03 Å². The molecule has 0 unspecified atom stereocenters.